The number of hydrogen-bond donors (Lipinski definition) is 2. The maximum absolute atomic E-state index is 12.3. The first kappa shape index (κ1) is 12.0. The molecule has 100 valence electrons. The number of nitrogens with one attached hydrogen (secondary N) is 1. The molecular weight excluding hydrogens is 244 g/mol. The maximum atomic E-state index is 12.3. The highest BCUT2D eigenvalue weighted by Gasteiger charge is 2.31. The van der Waals surface area contributed by atoms with Crippen molar-refractivity contribution in [1.29, 1.82) is 0 Å². The molecule has 3 rings (SSSR count). The van der Waals surface area contributed by atoms with Gasteiger partial charge in [-0.1, -0.05) is 6.07 Å². The molecule has 2 aliphatic heterocycles. The molecule has 1 aromatic carbocycles. The summed E-state index contributed by atoms with van der Waals surface area (Å²) in [5.74, 6) is -1.30. The summed E-state index contributed by atoms with van der Waals surface area (Å²) in [6.07, 6.45) is 1.54. The average Bonchev–Trinajstić information content (AvgIpc) is 3.06. The zero-order valence-electron chi connectivity index (χ0n) is 10.6. The van der Waals surface area contributed by atoms with Gasteiger partial charge in [0.1, 0.15) is 0 Å². The number of aliphatic carboxylic acids is 1. The second-order valence-electron chi connectivity index (χ2n) is 5.12. The van der Waals surface area contributed by atoms with Crippen LogP contribution in [0.25, 0.3) is 0 Å². The lowest BCUT2D eigenvalue weighted by Crippen LogP contribution is -2.29. The Kier molecular flexibility index (Phi) is 2.89. The van der Waals surface area contributed by atoms with Gasteiger partial charge in [-0.3, -0.25) is 9.59 Å². The molecule has 1 fully saturated rings. The van der Waals surface area contributed by atoms with Crippen molar-refractivity contribution in [1.82, 2.24) is 4.90 Å². The van der Waals surface area contributed by atoms with Gasteiger partial charge in [-0.25, -0.2) is 0 Å². The van der Waals surface area contributed by atoms with Crippen molar-refractivity contribution in [3.8, 4) is 0 Å². The number of benzene rings is 1. The van der Waals surface area contributed by atoms with Crippen molar-refractivity contribution < 1.29 is 14.7 Å². The van der Waals surface area contributed by atoms with Gasteiger partial charge < -0.3 is 15.3 Å². The fourth-order valence-electron chi connectivity index (χ4n) is 2.75. The van der Waals surface area contributed by atoms with E-state index in [9.17, 15) is 9.59 Å². The van der Waals surface area contributed by atoms with Gasteiger partial charge in [0.25, 0.3) is 5.91 Å². The fraction of sp³-hybridized carbons (Fsp3) is 0.429. The summed E-state index contributed by atoms with van der Waals surface area (Å²) in [4.78, 5) is 24.9. The van der Waals surface area contributed by atoms with Crippen molar-refractivity contribution in [2.75, 3.05) is 25.0 Å². The molecule has 5 nitrogen and oxygen atoms in total. The molecule has 1 atom stereocenters. The van der Waals surface area contributed by atoms with E-state index in [-0.39, 0.29) is 5.91 Å². The lowest BCUT2D eigenvalue weighted by Gasteiger charge is -2.16. The molecular formula is C14H16N2O3. The minimum Gasteiger partial charge on any atom is -0.481 e. The van der Waals surface area contributed by atoms with E-state index in [1.165, 1.54) is 5.56 Å². The predicted molar refractivity (Wildman–Crippen MR) is 70.3 cm³/mol. The van der Waals surface area contributed by atoms with E-state index in [1.807, 2.05) is 18.2 Å². The lowest BCUT2D eigenvalue weighted by molar-refractivity contribution is -0.141. The largest absolute Gasteiger partial charge is 0.481 e. The Morgan fingerprint density at radius 2 is 2.21 bits per heavy atom. The second-order valence-corrected chi connectivity index (χ2v) is 5.12. The van der Waals surface area contributed by atoms with Crippen molar-refractivity contribution >= 4 is 17.6 Å². The van der Waals surface area contributed by atoms with E-state index in [2.05, 4.69) is 5.32 Å². The first-order valence-corrected chi connectivity index (χ1v) is 6.54. The number of hydrogen-bond acceptors (Lipinski definition) is 3. The first-order valence-electron chi connectivity index (χ1n) is 6.54. The summed E-state index contributed by atoms with van der Waals surface area (Å²) in [6, 6.07) is 5.69. The van der Waals surface area contributed by atoms with E-state index < -0.39 is 11.9 Å². The van der Waals surface area contributed by atoms with Crippen LogP contribution in [0.15, 0.2) is 18.2 Å². The first-order chi connectivity index (χ1) is 9.15. The molecule has 1 aromatic rings. The number of nitrogens with zero attached hydrogens (tertiary/aromatic N) is 1. The number of carboxylic acid groups (broad SMARTS) is 1. The van der Waals surface area contributed by atoms with Crippen LogP contribution in [0.3, 0.4) is 0 Å². The number of likely N-dealkylation sites (tertiary alicyclic amines) is 1. The monoisotopic (exact) mass is 260 g/mol. The third-order valence-electron chi connectivity index (χ3n) is 3.89. The molecule has 1 amide bonds. The Morgan fingerprint density at radius 3 is 2.95 bits per heavy atom. The highest BCUT2D eigenvalue weighted by molar-refractivity contribution is 5.96. The SMILES string of the molecule is O=C(O)C1CCN(C(=O)c2ccc3c(c2)NCC3)C1. The van der Waals surface area contributed by atoms with Gasteiger partial charge in [0.05, 0.1) is 5.92 Å². The Labute approximate surface area is 111 Å². The Morgan fingerprint density at radius 1 is 1.37 bits per heavy atom. The van der Waals surface area contributed by atoms with E-state index in [0.717, 1.165) is 18.7 Å². The highest BCUT2D eigenvalue weighted by Crippen LogP contribution is 2.25. The fourth-order valence-corrected chi connectivity index (χ4v) is 2.75. The van der Waals surface area contributed by atoms with Crippen LogP contribution in [0.2, 0.25) is 0 Å². The van der Waals surface area contributed by atoms with Gasteiger partial charge >= 0.3 is 5.97 Å². The Bertz CT molecular complexity index is 541. The Balaban J connectivity index is 1.76. The van der Waals surface area contributed by atoms with E-state index in [4.69, 9.17) is 5.11 Å². The second kappa shape index (κ2) is 4.57. The third-order valence-corrected chi connectivity index (χ3v) is 3.89. The molecule has 0 aromatic heterocycles. The smallest absolute Gasteiger partial charge is 0.308 e. The topological polar surface area (TPSA) is 69.6 Å². The summed E-state index contributed by atoms with van der Waals surface area (Å²) in [5.41, 5.74) is 2.90. The summed E-state index contributed by atoms with van der Waals surface area (Å²) >= 11 is 0. The average molecular weight is 260 g/mol. The van der Waals surface area contributed by atoms with Gasteiger partial charge in [-0.15, -0.1) is 0 Å². The minimum atomic E-state index is -0.814. The number of carboxylic acids is 1. The summed E-state index contributed by atoms with van der Waals surface area (Å²) in [6.45, 7) is 1.76. The lowest BCUT2D eigenvalue weighted by atomic mass is 10.1. The van der Waals surface area contributed by atoms with Gasteiger partial charge in [0.2, 0.25) is 0 Å². The molecule has 2 heterocycles. The predicted octanol–water partition coefficient (Wildman–Crippen LogP) is 1.20. The quantitative estimate of drug-likeness (QED) is 0.838. The molecule has 0 spiro atoms. The molecule has 19 heavy (non-hydrogen) atoms. The standard InChI is InChI=1S/C14H16N2O3/c17-13(16-6-4-11(8-16)14(18)19)10-2-1-9-3-5-15-12(9)7-10/h1-2,7,11,15H,3-6,8H2,(H,18,19). The number of carbonyl (C=O) groups is 2. The van der Waals surface area contributed by atoms with Gasteiger partial charge in [-0.05, 0) is 30.5 Å². The molecule has 0 saturated carbocycles. The van der Waals surface area contributed by atoms with Crippen LogP contribution in [0.4, 0.5) is 5.69 Å². The van der Waals surface area contributed by atoms with Gasteiger partial charge in [0.15, 0.2) is 0 Å². The number of rotatable bonds is 2. The molecule has 1 saturated heterocycles. The number of fused-ring (bicyclic) bond motifs is 1. The van der Waals surface area contributed by atoms with Crippen LogP contribution in [-0.4, -0.2) is 41.5 Å². The minimum absolute atomic E-state index is 0.0692. The van der Waals surface area contributed by atoms with Crippen LogP contribution in [-0.2, 0) is 11.2 Å². The van der Waals surface area contributed by atoms with Crippen LogP contribution in [0.1, 0.15) is 22.3 Å². The van der Waals surface area contributed by atoms with E-state index >= 15 is 0 Å². The van der Waals surface area contributed by atoms with Crippen molar-refractivity contribution in [2.24, 2.45) is 5.92 Å². The molecule has 2 aliphatic rings. The third kappa shape index (κ3) is 2.16. The molecule has 0 radical (unpaired) electrons. The molecule has 5 heteroatoms. The normalized spacial score (nSPS) is 21.1. The zero-order valence-corrected chi connectivity index (χ0v) is 10.6. The van der Waals surface area contributed by atoms with Gasteiger partial charge in [0, 0.05) is 30.9 Å². The molecule has 2 N–H and O–H groups in total. The highest BCUT2D eigenvalue weighted by atomic mass is 16.4. The van der Waals surface area contributed by atoms with Crippen LogP contribution in [0, 0.1) is 5.92 Å². The summed E-state index contributed by atoms with van der Waals surface area (Å²) in [5, 5.41) is 12.2. The van der Waals surface area contributed by atoms with Crippen molar-refractivity contribution in [3.63, 3.8) is 0 Å². The molecule has 0 aliphatic carbocycles. The molecule has 0 bridgehead atoms. The Hall–Kier alpha value is -2.04. The van der Waals surface area contributed by atoms with Crippen LogP contribution >= 0.6 is 0 Å². The number of carbonyl (C=O) groups excluding carboxylic acids is 1. The molecule has 1 unspecified atom stereocenters. The summed E-state index contributed by atoms with van der Waals surface area (Å²) < 4.78 is 0. The maximum Gasteiger partial charge on any atom is 0.308 e. The van der Waals surface area contributed by atoms with Crippen molar-refractivity contribution in [2.45, 2.75) is 12.8 Å². The van der Waals surface area contributed by atoms with Crippen molar-refractivity contribution in [3.05, 3.63) is 29.3 Å². The van der Waals surface area contributed by atoms with Crippen LogP contribution in [0.5, 0.6) is 0 Å². The zero-order chi connectivity index (χ0) is 13.4. The number of amides is 1. The van der Waals surface area contributed by atoms with Crippen LogP contribution < -0.4 is 5.32 Å². The van der Waals surface area contributed by atoms with Gasteiger partial charge in [-0.2, -0.15) is 0 Å². The number of anilines is 1. The van der Waals surface area contributed by atoms with E-state index in [1.54, 1.807) is 4.90 Å². The summed E-state index contributed by atoms with van der Waals surface area (Å²) in [7, 11) is 0. The van der Waals surface area contributed by atoms with E-state index in [0.29, 0.717) is 25.1 Å².